The number of Topliss-reactive ketones (excluding diaryl/α,β-unsaturated/α-hetero) is 1. The number of halogens is 12. The Kier molecular flexibility index (Phi) is 6.57. The molecule has 15 heteroatoms. The highest BCUT2D eigenvalue weighted by molar-refractivity contribution is 9.10. The summed E-state index contributed by atoms with van der Waals surface area (Å²) in [6.07, 6.45) is -19.8. The van der Waals surface area contributed by atoms with Crippen LogP contribution < -0.4 is 0 Å². The van der Waals surface area contributed by atoms with Crippen LogP contribution in [-0.4, -0.2) is 23.1 Å². The zero-order valence-electron chi connectivity index (χ0n) is 13.7. The minimum Gasteiger partial charge on any atom is -0.292 e. The number of alkyl halides is 10. The molecule has 1 aromatic heterocycles. The molecule has 0 bridgehead atoms. The SMILES string of the molecule is O=C(Cc1c(Br)cc(C(F)(C(F)(F)F)C(F)(F)F)cc1C(F)(F)F)c1csc(Cl)n1. The van der Waals surface area contributed by atoms with E-state index in [1.807, 2.05) is 0 Å². The maximum Gasteiger partial charge on any atom is 0.435 e. The lowest BCUT2D eigenvalue weighted by atomic mass is 9.89. The van der Waals surface area contributed by atoms with Crippen molar-refractivity contribution < 1.29 is 48.7 Å². The number of aromatic nitrogens is 1. The topological polar surface area (TPSA) is 30.0 Å². The van der Waals surface area contributed by atoms with Crippen LogP contribution in [0.15, 0.2) is 22.0 Å². The van der Waals surface area contributed by atoms with E-state index in [2.05, 4.69) is 20.9 Å². The molecule has 0 unspecified atom stereocenters. The Morgan fingerprint density at radius 3 is 1.93 bits per heavy atom. The molecule has 2 nitrogen and oxygen atoms in total. The first kappa shape index (κ1) is 24.9. The summed E-state index contributed by atoms with van der Waals surface area (Å²) in [5.41, 5.74) is -11.8. The number of hydrogen-bond acceptors (Lipinski definition) is 3. The van der Waals surface area contributed by atoms with E-state index in [0.29, 0.717) is 0 Å². The van der Waals surface area contributed by atoms with E-state index in [-0.39, 0.29) is 16.2 Å². The molecule has 0 spiro atoms. The van der Waals surface area contributed by atoms with Crippen LogP contribution >= 0.6 is 38.9 Å². The average Bonchev–Trinajstić information content (AvgIpc) is 2.99. The summed E-state index contributed by atoms with van der Waals surface area (Å²) >= 11 is 8.70. The first-order valence-corrected chi connectivity index (χ1v) is 9.31. The van der Waals surface area contributed by atoms with Gasteiger partial charge in [0.2, 0.25) is 0 Å². The van der Waals surface area contributed by atoms with Crippen LogP contribution in [0.2, 0.25) is 4.47 Å². The second kappa shape index (κ2) is 7.93. The molecule has 1 aromatic carbocycles. The first-order valence-electron chi connectivity index (χ1n) is 7.26. The molecule has 0 saturated heterocycles. The van der Waals surface area contributed by atoms with Crippen molar-refractivity contribution in [1.82, 2.24) is 4.98 Å². The predicted molar refractivity (Wildman–Crippen MR) is 89.2 cm³/mol. The number of carbonyl (C=O) groups excluding carboxylic acids is 1. The van der Waals surface area contributed by atoms with Crippen LogP contribution in [0.1, 0.15) is 27.2 Å². The molecule has 30 heavy (non-hydrogen) atoms. The molecule has 0 amide bonds. The van der Waals surface area contributed by atoms with Gasteiger partial charge in [0.25, 0.3) is 0 Å². The number of nitrogens with zero attached hydrogens (tertiary/aromatic N) is 1. The lowest BCUT2D eigenvalue weighted by Crippen LogP contribution is -2.50. The fourth-order valence-electron chi connectivity index (χ4n) is 2.39. The molecular weight excluding hydrogens is 548 g/mol. The molecule has 166 valence electrons. The van der Waals surface area contributed by atoms with E-state index in [4.69, 9.17) is 11.6 Å². The number of thiazole rings is 1. The Balaban J connectivity index is 2.69. The number of ketones is 1. The van der Waals surface area contributed by atoms with Gasteiger partial charge < -0.3 is 0 Å². The van der Waals surface area contributed by atoms with Gasteiger partial charge in [-0.2, -0.15) is 39.5 Å². The summed E-state index contributed by atoms with van der Waals surface area (Å²) in [6, 6.07) is -0.699. The summed E-state index contributed by atoms with van der Waals surface area (Å²) in [6.45, 7) is 0. The molecule has 0 aliphatic carbocycles. The quantitative estimate of drug-likeness (QED) is 0.295. The van der Waals surface area contributed by atoms with Crippen LogP contribution in [0.3, 0.4) is 0 Å². The van der Waals surface area contributed by atoms with E-state index < -0.39 is 63.6 Å². The number of rotatable bonds is 4. The van der Waals surface area contributed by atoms with Gasteiger partial charge >= 0.3 is 24.2 Å². The van der Waals surface area contributed by atoms with Gasteiger partial charge in [0, 0.05) is 21.8 Å². The second-order valence-electron chi connectivity index (χ2n) is 5.72. The molecule has 0 radical (unpaired) electrons. The van der Waals surface area contributed by atoms with Crippen molar-refractivity contribution >= 4 is 44.7 Å². The van der Waals surface area contributed by atoms with Crippen molar-refractivity contribution in [1.29, 1.82) is 0 Å². The highest BCUT2D eigenvalue weighted by atomic mass is 79.9. The molecular formula is C15H5BrClF10NOS. The van der Waals surface area contributed by atoms with Crippen LogP contribution in [0.5, 0.6) is 0 Å². The molecule has 2 aromatic rings. The van der Waals surface area contributed by atoms with E-state index in [1.165, 1.54) is 0 Å². The van der Waals surface area contributed by atoms with Crippen LogP contribution in [0, 0.1) is 0 Å². The molecule has 0 aliphatic heterocycles. The summed E-state index contributed by atoms with van der Waals surface area (Å²) < 4.78 is 131. The number of benzene rings is 1. The van der Waals surface area contributed by atoms with Gasteiger partial charge in [0.1, 0.15) is 5.69 Å². The number of carbonyl (C=O) groups is 1. The second-order valence-corrected chi connectivity index (χ2v) is 8.02. The first-order chi connectivity index (χ1) is 13.4. The van der Waals surface area contributed by atoms with Gasteiger partial charge in [-0.25, -0.2) is 9.37 Å². The van der Waals surface area contributed by atoms with Gasteiger partial charge in [-0.3, -0.25) is 4.79 Å². The Labute approximate surface area is 178 Å². The maximum atomic E-state index is 14.2. The number of hydrogen-bond donors (Lipinski definition) is 0. The monoisotopic (exact) mass is 551 g/mol. The molecule has 1 heterocycles. The van der Waals surface area contributed by atoms with Crippen LogP contribution in [0.4, 0.5) is 43.9 Å². The predicted octanol–water partition coefficient (Wildman–Crippen LogP) is 7.29. The normalized spacial score (nSPS) is 13.6. The van der Waals surface area contributed by atoms with Crippen LogP contribution in [0.25, 0.3) is 0 Å². The summed E-state index contributed by atoms with van der Waals surface area (Å²) in [4.78, 5) is 15.7. The Bertz CT molecular complexity index is 952. The van der Waals surface area contributed by atoms with Crippen LogP contribution in [-0.2, 0) is 18.3 Å². The third-order valence-electron chi connectivity index (χ3n) is 3.78. The lowest BCUT2D eigenvalue weighted by molar-refractivity contribution is -0.348. The summed E-state index contributed by atoms with van der Waals surface area (Å²) in [7, 11) is 0. The van der Waals surface area contributed by atoms with Gasteiger partial charge in [-0.1, -0.05) is 27.5 Å². The third-order valence-corrected chi connectivity index (χ3v) is 5.47. The summed E-state index contributed by atoms with van der Waals surface area (Å²) in [5, 5.41) is 1.10. The summed E-state index contributed by atoms with van der Waals surface area (Å²) in [5.74, 6) is -1.05. The average molecular weight is 553 g/mol. The Hall–Kier alpha value is -1.41. The fourth-order valence-corrected chi connectivity index (χ4v) is 3.76. The Morgan fingerprint density at radius 1 is 1.00 bits per heavy atom. The highest BCUT2D eigenvalue weighted by Gasteiger charge is 2.73. The minimum atomic E-state index is -6.61. The highest BCUT2D eigenvalue weighted by Crippen LogP contribution is 2.54. The maximum absolute atomic E-state index is 14.2. The molecule has 0 N–H and O–H groups in total. The van der Waals surface area contributed by atoms with E-state index in [1.54, 1.807) is 0 Å². The standard InChI is InChI=1S/C15H5BrClF10NOS/c16-8-2-5(12(18,14(22,23)24)15(25,26)27)1-7(13(19,20)21)6(8)3-10(29)9-4-30-11(17)28-9/h1-2,4H,3H2. The zero-order chi connectivity index (χ0) is 23.3. The smallest absolute Gasteiger partial charge is 0.292 e. The van der Waals surface area contributed by atoms with E-state index in [0.717, 1.165) is 16.7 Å². The third kappa shape index (κ3) is 4.59. The van der Waals surface area contributed by atoms with Crippen molar-refractivity contribution in [3.05, 3.63) is 48.8 Å². The Morgan fingerprint density at radius 2 is 1.53 bits per heavy atom. The van der Waals surface area contributed by atoms with Crippen molar-refractivity contribution in [2.75, 3.05) is 0 Å². The molecule has 2 rings (SSSR count). The van der Waals surface area contributed by atoms with E-state index >= 15 is 0 Å². The molecule has 0 atom stereocenters. The largest absolute Gasteiger partial charge is 0.435 e. The minimum absolute atomic E-state index is 0.0904. The van der Waals surface area contributed by atoms with Gasteiger partial charge in [0.15, 0.2) is 10.3 Å². The molecule has 0 fully saturated rings. The molecule has 0 aliphatic rings. The van der Waals surface area contributed by atoms with Gasteiger partial charge in [-0.05, 0) is 17.7 Å². The van der Waals surface area contributed by atoms with Gasteiger partial charge in [0.05, 0.1) is 5.56 Å². The zero-order valence-corrected chi connectivity index (χ0v) is 16.9. The van der Waals surface area contributed by atoms with Crippen molar-refractivity contribution in [2.45, 2.75) is 30.6 Å². The van der Waals surface area contributed by atoms with Gasteiger partial charge in [-0.15, -0.1) is 11.3 Å². The van der Waals surface area contributed by atoms with Crippen molar-refractivity contribution in [3.63, 3.8) is 0 Å². The fraction of sp³-hybridized carbons (Fsp3) is 0.333. The van der Waals surface area contributed by atoms with Crippen molar-refractivity contribution in [3.8, 4) is 0 Å². The van der Waals surface area contributed by atoms with Crippen molar-refractivity contribution in [2.24, 2.45) is 0 Å². The lowest BCUT2D eigenvalue weighted by Gasteiger charge is -2.31. The molecule has 0 saturated carbocycles. The van der Waals surface area contributed by atoms with E-state index in [9.17, 15) is 48.7 Å².